The van der Waals surface area contributed by atoms with Crippen LogP contribution in [-0.2, 0) is 17.8 Å². The first kappa shape index (κ1) is 18.5. The van der Waals surface area contributed by atoms with E-state index in [2.05, 4.69) is 65.0 Å². The second kappa shape index (κ2) is 8.42. The summed E-state index contributed by atoms with van der Waals surface area (Å²) in [4.78, 5) is 19.1. The fourth-order valence-electron chi connectivity index (χ4n) is 3.87. The van der Waals surface area contributed by atoms with Crippen molar-refractivity contribution in [2.24, 2.45) is 0 Å². The predicted molar refractivity (Wildman–Crippen MR) is 111 cm³/mol. The zero-order chi connectivity index (χ0) is 19.3. The van der Waals surface area contributed by atoms with Crippen molar-refractivity contribution in [2.45, 2.75) is 38.6 Å². The minimum Gasteiger partial charge on any atom is -0.341 e. The molecule has 28 heavy (non-hydrogen) atoms. The molecule has 144 valence electrons. The number of hydrogen-bond acceptors (Lipinski definition) is 2. The number of rotatable bonds is 7. The highest BCUT2D eigenvalue weighted by molar-refractivity contribution is 5.77. The van der Waals surface area contributed by atoms with Gasteiger partial charge >= 0.3 is 0 Å². The van der Waals surface area contributed by atoms with Crippen molar-refractivity contribution in [2.75, 3.05) is 13.1 Å². The molecule has 1 fully saturated rings. The molecule has 2 aromatic carbocycles. The number of aryl methyl sites for hydroxylation is 2. The zero-order valence-corrected chi connectivity index (χ0v) is 16.4. The average Bonchev–Trinajstić information content (AvgIpc) is 3.03. The van der Waals surface area contributed by atoms with Crippen molar-refractivity contribution in [1.82, 2.24) is 14.5 Å². The second-order valence-corrected chi connectivity index (χ2v) is 7.66. The van der Waals surface area contributed by atoms with E-state index in [0.717, 1.165) is 38.3 Å². The lowest BCUT2D eigenvalue weighted by Crippen LogP contribution is -2.49. The number of carbonyl (C=O) groups excluding carboxylic acids is 1. The first-order valence-corrected chi connectivity index (χ1v) is 10.1. The summed E-state index contributed by atoms with van der Waals surface area (Å²) in [6.07, 6.45) is 4.44. The minimum absolute atomic E-state index is 0.269. The number of benzene rings is 2. The van der Waals surface area contributed by atoms with Crippen LogP contribution in [0.4, 0.5) is 0 Å². The molecule has 4 nitrogen and oxygen atoms in total. The molecule has 4 heteroatoms. The summed E-state index contributed by atoms with van der Waals surface area (Å²) < 4.78 is 2.29. The lowest BCUT2D eigenvalue weighted by molar-refractivity contribution is -0.135. The van der Waals surface area contributed by atoms with E-state index in [4.69, 9.17) is 0 Å². The van der Waals surface area contributed by atoms with E-state index in [1.165, 1.54) is 16.8 Å². The highest BCUT2D eigenvalue weighted by Gasteiger charge is 2.34. The number of likely N-dealkylation sites (tertiary alicyclic amines) is 1. The molecule has 0 unspecified atom stereocenters. The average molecular weight is 374 g/mol. The molecule has 4 rings (SSSR count). The lowest BCUT2D eigenvalue weighted by atomic mass is 9.97. The molecule has 1 aliphatic rings. The Morgan fingerprint density at radius 1 is 1.00 bits per heavy atom. The smallest absolute Gasteiger partial charge is 0.222 e. The van der Waals surface area contributed by atoms with Crippen molar-refractivity contribution in [3.8, 4) is 0 Å². The molecule has 0 atom stereocenters. The van der Waals surface area contributed by atoms with Gasteiger partial charge in [-0.05, 0) is 30.9 Å². The second-order valence-electron chi connectivity index (χ2n) is 7.66. The summed E-state index contributed by atoms with van der Waals surface area (Å²) in [5.74, 6) is 1.72. The van der Waals surface area contributed by atoms with Crippen LogP contribution >= 0.6 is 0 Å². The Labute approximate surface area is 166 Å². The number of imidazole rings is 1. The monoisotopic (exact) mass is 373 g/mol. The molecule has 1 saturated heterocycles. The number of amides is 1. The zero-order valence-electron chi connectivity index (χ0n) is 16.4. The molecule has 1 aliphatic heterocycles. The molecular formula is C24H27N3O. The topological polar surface area (TPSA) is 38.1 Å². The Balaban J connectivity index is 1.30. The first-order valence-electron chi connectivity index (χ1n) is 10.1. The third kappa shape index (κ3) is 4.16. The van der Waals surface area contributed by atoms with Crippen LogP contribution in [-0.4, -0.2) is 33.4 Å². The third-order valence-electron chi connectivity index (χ3n) is 5.57. The number of nitrogens with zero attached hydrogens (tertiary/aromatic N) is 3. The van der Waals surface area contributed by atoms with E-state index in [-0.39, 0.29) is 5.91 Å². The summed E-state index contributed by atoms with van der Waals surface area (Å²) in [6, 6.07) is 20.8. The van der Waals surface area contributed by atoms with E-state index >= 15 is 0 Å². The maximum absolute atomic E-state index is 12.5. The van der Waals surface area contributed by atoms with E-state index in [1.54, 1.807) is 0 Å². The Hall–Kier alpha value is -2.88. The molecule has 1 aromatic heterocycles. The molecule has 2 heterocycles. The SMILES string of the molecule is Cc1cnc(C2CN(C(=O)CCCc3ccccc3)C2)n1Cc1ccccc1. The molecular weight excluding hydrogens is 346 g/mol. The van der Waals surface area contributed by atoms with Gasteiger partial charge in [0.25, 0.3) is 0 Å². The highest BCUT2D eigenvalue weighted by atomic mass is 16.2. The fraction of sp³-hybridized carbons (Fsp3) is 0.333. The van der Waals surface area contributed by atoms with E-state index < -0.39 is 0 Å². The summed E-state index contributed by atoms with van der Waals surface area (Å²) >= 11 is 0. The van der Waals surface area contributed by atoms with E-state index in [1.807, 2.05) is 23.2 Å². The van der Waals surface area contributed by atoms with Gasteiger partial charge in [-0.25, -0.2) is 4.98 Å². The van der Waals surface area contributed by atoms with Crippen molar-refractivity contribution in [3.63, 3.8) is 0 Å². The van der Waals surface area contributed by atoms with Crippen LogP contribution in [0.3, 0.4) is 0 Å². The van der Waals surface area contributed by atoms with Gasteiger partial charge in [-0.1, -0.05) is 60.7 Å². The standard InChI is InChI=1S/C24H27N3O/c1-19-15-25-24(27(19)16-21-11-6-3-7-12-21)22-17-26(18-22)23(28)14-8-13-20-9-4-2-5-10-20/h2-7,9-12,15,22H,8,13-14,16-18H2,1H3. The Morgan fingerprint density at radius 3 is 2.32 bits per heavy atom. The van der Waals surface area contributed by atoms with Crippen molar-refractivity contribution < 1.29 is 4.79 Å². The van der Waals surface area contributed by atoms with Crippen LogP contribution < -0.4 is 0 Å². The van der Waals surface area contributed by atoms with Gasteiger partial charge < -0.3 is 9.47 Å². The van der Waals surface area contributed by atoms with Crippen molar-refractivity contribution >= 4 is 5.91 Å². The van der Waals surface area contributed by atoms with Gasteiger partial charge in [0.15, 0.2) is 0 Å². The highest BCUT2D eigenvalue weighted by Crippen LogP contribution is 2.28. The maximum atomic E-state index is 12.5. The molecule has 0 bridgehead atoms. The largest absolute Gasteiger partial charge is 0.341 e. The molecule has 1 amide bonds. The minimum atomic E-state index is 0.269. The first-order chi connectivity index (χ1) is 13.7. The molecule has 0 aliphatic carbocycles. The van der Waals surface area contributed by atoms with Crippen LogP contribution in [0, 0.1) is 6.92 Å². The fourth-order valence-corrected chi connectivity index (χ4v) is 3.87. The molecule has 0 N–H and O–H groups in total. The predicted octanol–water partition coefficient (Wildman–Crippen LogP) is 4.19. The lowest BCUT2D eigenvalue weighted by Gasteiger charge is -2.39. The van der Waals surface area contributed by atoms with Crippen molar-refractivity contribution in [1.29, 1.82) is 0 Å². The molecule has 0 saturated carbocycles. The normalized spacial score (nSPS) is 14.1. The van der Waals surface area contributed by atoms with E-state index in [9.17, 15) is 4.79 Å². The number of carbonyl (C=O) groups is 1. The van der Waals surface area contributed by atoms with Crippen LogP contribution in [0.5, 0.6) is 0 Å². The van der Waals surface area contributed by atoms with Gasteiger partial charge in [0, 0.05) is 37.9 Å². The summed E-state index contributed by atoms with van der Waals surface area (Å²) in [5.41, 5.74) is 3.75. The van der Waals surface area contributed by atoms with Crippen LogP contribution in [0.25, 0.3) is 0 Å². The Kier molecular flexibility index (Phi) is 5.56. The van der Waals surface area contributed by atoms with Crippen molar-refractivity contribution in [3.05, 3.63) is 89.5 Å². The number of aromatic nitrogens is 2. The van der Waals surface area contributed by atoms with Gasteiger partial charge in [0.2, 0.25) is 5.91 Å². The molecule has 0 spiro atoms. The van der Waals surface area contributed by atoms with Gasteiger partial charge in [-0.3, -0.25) is 4.79 Å². The van der Waals surface area contributed by atoms with Crippen LogP contribution in [0.1, 0.15) is 41.4 Å². The summed E-state index contributed by atoms with van der Waals surface area (Å²) in [6.45, 7) is 4.51. The summed E-state index contributed by atoms with van der Waals surface area (Å²) in [5, 5.41) is 0. The Morgan fingerprint density at radius 2 is 1.64 bits per heavy atom. The van der Waals surface area contributed by atoms with Gasteiger partial charge in [-0.15, -0.1) is 0 Å². The van der Waals surface area contributed by atoms with Crippen LogP contribution in [0.2, 0.25) is 0 Å². The molecule has 3 aromatic rings. The third-order valence-corrected chi connectivity index (χ3v) is 5.57. The Bertz CT molecular complexity index is 912. The van der Waals surface area contributed by atoms with Crippen LogP contribution in [0.15, 0.2) is 66.9 Å². The maximum Gasteiger partial charge on any atom is 0.222 e. The molecule has 0 radical (unpaired) electrons. The van der Waals surface area contributed by atoms with Gasteiger partial charge in [-0.2, -0.15) is 0 Å². The van der Waals surface area contributed by atoms with Gasteiger partial charge in [0.1, 0.15) is 5.82 Å². The van der Waals surface area contributed by atoms with Gasteiger partial charge in [0.05, 0.1) is 5.92 Å². The summed E-state index contributed by atoms with van der Waals surface area (Å²) in [7, 11) is 0. The van der Waals surface area contributed by atoms with E-state index in [0.29, 0.717) is 12.3 Å². The quantitative estimate of drug-likeness (QED) is 0.623. The number of hydrogen-bond donors (Lipinski definition) is 0.